The molecule has 2 aliphatic rings. The molecule has 2 aromatic rings. The second-order valence-corrected chi connectivity index (χ2v) is 8.20. The van der Waals surface area contributed by atoms with Gasteiger partial charge in [-0.25, -0.2) is 9.38 Å². The van der Waals surface area contributed by atoms with Gasteiger partial charge in [-0.05, 0) is 50.2 Å². The van der Waals surface area contributed by atoms with Gasteiger partial charge in [-0.15, -0.1) is 24.8 Å². The average molecular weight is 523 g/mol. The molecule has 0 bridgehead atoms. The number of benzene rings is 2. The van der Waals surface area contributed by atoms with Crippen LogP contribution in [0.2, 0.25) is 0 Å². The number of hydrogen-bond donors (Lipinski definition) is 1. The first kappa shape index (κ1) is 28.2. The fourth-order valence-corrected chi connectivity index (χ4v) is 4.19. The molecule has 2 aliphatic heterocycles. The Labute approximate surface area is 209 Å². The molecule has 1 N–H and O–H groups in total. The van der Waals surface area contributed by atoms with E-state index < -0.39 is 17.6 Å². The summed E-state index contributed by atoms with van der Waals surface area (Å²) in [5.74, 6) is -0.0285. The molecule has 0 saturated carbocycles. The van der Waals surface area contributed by atoms with E-state index in [0.717, 1.165) is 31.5 Å². The molecule has 0 radical (unpaired) electrons. The molecule has 1 atom stereocenters. The number of hydrogen-bond acceptors (Lipinski definition) is 5. The van der Waals surface area contributed by atoms with E-state index in [0.29, 0.717) is 48.2 Å². The lowest BCUT2D eigenvalue weighted by Gasteiger charge is -2.41. The van der Waals surface area contributed by atoms with Crippen LogP contribution in [0.4, 0.5) is 34.6 Å². The molecule has 188 valence electrons. The summed E-state index contributed by atoms with van der Waals surface area (Å²) in [5.41, 5.74) is 1.04. The molecule has 1 saturated heterocycles. The number of fused-ring (bicyclic) bond motifs is 2. The molecule has 1 unspecified atom stereocenters. The highest BCUT2D eigenvalue weighted by atomic mass is 35.5. The number of halogens is 6. The summed E-state index contributed by atoms with van der Waals surface area (Å²) in [7, 11) is 3.71. The number of methoxy groups -OCH3 is 1. The third-order valence-electron chi connectivity index (χ3n) is 6.01. The summed E-state index contributed by atoms with van der Waals surface area (Å²) in [6.07, 6.45) is -2.69. The summed E-state index contributed by atoms with van der Waals surface area (Å²) in [5, 5.41) is 3.14. The van der Waals surface area contributed by atoms with E-state index in [-0.39, 0.29) is 30.9 Å². The maximum absolute atomic E-state index is 14.0. The van der Waals surface area contributed by atoms with E-state index in [1.807, 2.05) is 11.9 Å². The minimum atomic E-state index is -4.48. The quantitative estimate of drug-likeness (QED) is 0.403. The number of piperazine rings is 1. The number of likely N-dealkylation sites (N-methyl/N-ethyl adjacent to an activating group) is 1. The lowest BCUT2D eigenvalue weighted by atomic mass is 10.0. The lowest BCUT2D eigenvalue weighted by molar-refractivity contribution is -0.137. The molecule has 2 heterocycles. The number of rotatable bonds is 4. The van der Waals surface area contributed by atoms with Crippen molar-refractivity contribution in [1.29, 1.82) is 0 Å². The molecule has 0 spiro atoms. The Morgan fingerprint density at radius 3 is 2.53 bits per heavy atom. The largest absolute Gasteiger partial charge is 0.416 e. The molecule has 34 heavy (non-hydrogen) atoms. The molecular formula is C23H28Cl2F4N4O. The highest BCUT2D eigenvalue weighted by molar-refractivity contribution is 6.08. The summed E-state index contributed by atoms with van der Waals surface area (Å²) < 4.78 is 59.6. The first-order valence-electron chi connectivity index (χ1n) is 10.6. The van der Waals surface area contributed by atoms with Crippen molar-refractivity contribution < 1.29 is 22.3 Å². The lowest BCUT2D eigenvalue weighted by Crippen LogP contribution is -2.53. The Morgan fingerprint density at radius 2 is 1.82 bits per heavy atom. The summed E-state index contributed by atoms with van der Waals surface area (Å²) in [6, 6.07) is 7.95. The van der Waals surface area contributed by atoms with E-state index in [2.05, 4.69) is 15.2 Å². The summed E-state index contributed by atoms with van der Waals surface area (Å²) in [4.78, 5) is 8.94. The zero-order valence-electron chi connectivity index (χ0n) is 18.9. The zero-order valence-corrected chi connectivity index (χ0v) is 20.5. The van der Waals surface area contributed by atoms with Gasteiger partial charge in [0.2, 0.25) is 0 Å². The first-order valence-corrected chi connectivity index (χ1v) is 10.6. The van der Waals surface area contributed by atoms with Gasteiger partial charge in [0.25, 0.3) is 0 Å². The van der Waals surface area contributed by atoms with Gasteiger partial charge in [-0.3, -0.25) is 4.90 Å². The van der Waals surface area contributed by atoms with Crippen LogP contribution < -0.4 is 5.32 Å². The van der Waals surface area contributed by atoms with Gasteiger partial charge in [0.15, 0.2) is 0 Å². The van der Waals surface area contributed by atoms with Crippen LogP contribution in [-0.4, -0.2) is 62.1 Å². The van der Waals surface area contributed by atoms with Crippen molar-refractivity contribution in [2.45, 2.75) is 25.1 Å². The van der Waals surface area contributed by atoms with Crippen LogP contribution in [0.3, 0.4) is 0 Å². The van der Waals surface area contributed by atoms with Crippen molar-refractivity contribution in [1.82, 2.24) is 9.80 Å². The van der Waals surface area contributed by atoms with Crippen molar-refractivity contribution in [3.8, 4) is 0 Å². The number of amidine groups is 1. The Balaban J connectivity index is 0.00000204. The molecule has 5 nitrogen and oxygen atoms in total. The monoisotopic (exact) mass is 522 g/mol. The summed E-state index contributed by atoms with van der Waals surface area (Å²) >= 11 is 0. The molecular weight excluding hydrogens is 495 g/mol. The van der Waals surface area contributed by atoms with Crippen LogP contribution in [0.5, 0.6) is 0 Å². The Hall–Kier alpha value is -2.07. The van der Waals surface area contributed by atoms with Gasteiger partial charge in [0.05, 0.1) is 16.9 Å². The average Bonchev–Trinajstić information content (AvgIpc) is 2.90. The van der Waals surface area contributed by atoms with Crippen LogP contribution in [0.1, 0.15) is 24.0 Å². The molecule has 2 aromatic carbocycles. The second kappa shape index (κ2) is 11.6. The maximum Gasteiger partial charge on any atom is 0.416 e. The van der Waals surface area contributed by atoms with Crippen molar-refractivity contribution in [2.75, 3.05) is 45.7 Å². The van der Waals surface area contributed by atoms with Crippen LogP contribution in [0.25, 0.3) is 0 Å². The molecule has 0 amide bonds. The van der Waals surface area contributed by atoms with Gasteiger partial charge in [-0.2, -0.15) is 13.2 Å². The Bertz CT molecular complexity index is 1020. The first-order chi connectivity index (χ1) is 15.3. The number of aliphatic imine (C=N–C) groups is 1. The van der Waals surface area contributed by atoms with Gasteiger partial charge in [-0.1, -0.05) is 0 Å². The Morgan fingerprint density at radius 1 is 1.09 bits per heavy atom. The van der Waals surface area contributed by atoms with Crippen LogP contribution in [-0.2, 0) is 10.9 Å². The van der Waals surface area contributed by atoms with E-state index in [4.69, 9.17) is 4.74 Å². The number of nitrogens with zero attached hydrogens (tertiary/aromatic N) is 3. The highest BCUT2D eigenvalue weighted by Crippen LogP contribution is 2.38. The van der Waals surface area contributed by atoms with E-state index in [9.17, 15) is 17.6 Å². The normalized spacial score (nSPS) is 17.9. The van der Waals surface area contributed by atoms with E-state index >= 15 is 0 Å². The smallest absolute Gasteiger partial charge is 0.385 e. The number of alkyl halides is 3. The number of ether oxygens (including phenoxy) is 1. The SMILES string of the molecule is COCCCC1CN(C2=Nc3cc(F)ccc3Nc3ccc(C(F)(F)F)cc32)CCN1C.Cl.Cl. The highest BCUT2D eigenvalue weighted by Gasteiger charge is 2.34. The van der Waals surface area contributed by atoms with Crippen molar-refractivity contribution in [3.05, 3.63) is 53.3 Å². The van der Waals surface area contributed by atoms with E-state index in [1.165, 1.54) is 18.2 Å². The van der Waals surface area contributed by atoms with Gasteiger partial charge < -0.3 is 15.0 Å². The van der Waals surface area contributed by atoms with Crippen molar-refractivity contribution in [2.24, 2.45) is 4.99 Å². The van der Waals surface area contributed by atoms with Crippen LogP contribution in [0, 0.1) is 5.82 Å². The minimum Gasteiger partial charge on any atom is -0.385 e. The van der Waals surface area contributed by atoms with E-state index in [1.54, 1.807) is 13.2 Å². The predicted octanol–water partition coefficient (Wildman–Crippen LogP) is 5.87. The fraction of sp³-hybridized carbons (Fsp3) is 0.435. The zero-order chi connectivity index (χ0) is 22.9. The third kappa shape index (κ3) is 6.13. The molecule has 11 heteroatoms. The van der Waals surface area contributed by atoms with Crippen molar-refractivity contribution >= 4 is 47.7 Å². The molecule has 0 aromatic heterocycles. The molecule has 4 rings (SSSR count). The standard InChI is InChI=1S/C23H26F4N4O.2ClH/c1-30-9-10-31(14-17(30)4-3-11-32-2)22-18-12-15(23(25,26)27)5-7-19(18)28-20-8-6-16(24)13-21(20)29-22;;/h5-8,12-13,17,28H,3-4,9-11,14H2,1-2H3;2*1H. The number of anilines is 2. The molecule has 1 fully saturated rings. The Kier molecular flexibility index (Phi) is 9.59. The van der Waals surface area contributed by atoms with Crippen LogP contribution >= 0.6 is 24.8 Å². The second-order valence-electron chi connectivity index (χ2n) is 8.20. The number of nitrogens with one attached hydrogen (secondary N) is 1. The molecule has 0 aliphatic carbocycles. The predicted molar refractivity (Wildman–Crippen MR) is 131 cm³/mol. The van der Waals surface area contributed by atoms with Crippen LogP contribution in [0.15, 0.2) is 41.4 Å². The topological polar surface area (TPSA) is 40.1 Å². The maximum atomic E-state index is 14.0. The third-order valence-corrected chi connectivity index (χ3v) is 6.01. The van der Waals surface area contributed by atoms with Gasteiger partial charge >= 0.3 is 6.18 Å². The van der Waals surface area contributed by atoms with Gasteiger partial charge in [0, 0.05) is 56.7 Å². The fourth-order valence-electron chi connectivity index (χ4n) is 4.19. The minimum absolute atomic E-state index is 0. The van der Waals surface area contributed by atoms with Crippen molar-refractivity contribution in [3.63, 3.8) is 0 Å². The van der Waals surface area contributed by atoms with Gasteiger partial charge in [0.1, 0.15) is 11.7 Å². The summed E-state index contributed by atoms with van der Waals surface area (Å²) in [6.45, 7) is 2.61.